The van der Waals surface area contributed by atoms with Crippen molar-refractivity contribution >= 4 is 22.4 Å². The standard InChI is InChI=1S/C13H20N2O3S/c1-9-11(12(16)18-3)14-13(19-9)15-6-4-10(5-7-15)8-17-2/h10H,4-8H2,1-3H3. The van der Waals surface area contributed by atoms with Crippen LogP contribution in [0.4, 0.5) is 5.13 Å². The van der Waals surface area contributed by atoms with Crippen LogP contribution in [-0.4, -0.2) is 44.9 Å². The number of ether oxygens (including phenoxy) is 2. The quantitative estimate of drug-likeness (QED) is 0.793. The molecule has 0 aromatic carbocycles. The summed E-state index contributed by atoms with van der Waals surface area (Å²) in [5, 5.41) is 0.925. The van der Waals surface area contributed by atoms with Crippen LogP contribution in [0.15, 0.2) is 0 Å². The third-order valence-electron chi connectivity index (χ3n) is 3.45. The van der Waals surface area contributed by atoms with Gasteiger partial charge in [-0.3, -0.25) is 0 Å². The zero-order valence-corrected chi connectivity index (χ0v) is 12.5. The molecule has 0 radical (unpaired) electrons. The van der Waals surface area contributed by atoms with Crippen molar-refractivity contribution in [2.24, 2.45) is 5.92 Å². The molecule has 1 aliphatic rings. The highest BCUT2D eigenvalue weighted by Crippen LogP contribution is 2.29. The first kappa shape index (κ1) is 14.3. The molecule has 1 saturated heterocycles. The number of aromatic nitrogens is 1. The SMILES string of the molecule is COCC1CCN(c2nc(C(=O)OC)c(C)s2)CC1. The van der Waals surface area contributed by atoms with Crippen molar-refractivity contribution < 1.29 is 14.3 Å². The number of piperidine rings is 1. The van der Waals surface area contributed by atoms with E-state index in [0.717, 1.165) is 42.5 Å². The van der Waals surface area contributed by atoms with E-state index < -0.39 is 0 Å². The number of aryl methyl sites for hydroxylation is 1. The molecule has 0 aliphatic carbocycles. The van der Waals surface area contributed by atoms with Crippen LogP contribution in [-0.2, 0) is 9.47 Å². The Morgan fingerprint density at radius 1 is 1.42 bits per heavy atom. The molecule has 19 heavy (non-hydrogen) atoms. The molecule has 0 bridgehead atoms. The second-order valence-corrected chi connectivity index (χ2v) is 5.96. The Hall–Kier alpha value is -1.14. The van der Waals surface area contributed by atoms with Gasteiger partial charge in [-0.05, 0) is 25.7 Å². The third kappa shape index (κ3) is 3.25. The van der Waals surface area contributed by atoms with Gasteiger partial charge in [0.1, 0.15) is 0 Å². The highest BCUT2D eigenvalue weighted by atomic mass is 32.1. The molecule has 1 aromatic heterocycles. The van der Waals surface area contributed by atoms with Gasteiger partial charge in [0.25, 0.3) is 0 Å². The molecule has 0 unspecified atom stereocenters. The summed E-state index contributed by atoms with van der Waals surface area (Å²) < 4.78 is 9.94. The van der Waals surface area contributed by atoms with Gasteiger partial charge < -0.3 is 14.4 Å². The van der Waals surface area contributed by atoms with Crippen molar-refractivity contribution in [1.82, 2.24) is 4.98 Å². The van der Waals surface area contributed by atoms with Crippen molar-refractivity contribution in [2.75, 3.05) is 38.8 Å². The summed E-state index contributed by atoms with van der Waals surface area (Å²) in [6.07, 6.45) is 2.22. The molecule has 0 atom stereocenters. The monoisotopic (exact) mass is 284 g/mol. The molecule has 0 amide bonds. The van der Waals surface area contributed by atoms with Gasteiger partial charge >= 0.3 is 5.97 Å². The molecular formula is C13H20N2O3S. The number of carbonyl (C=O) groups is 1. The van der Waals surface area contributed by atoms with Crippen LogP contribution < -0.4 is 4.90 Å². The minimum absolute atomic E-state index is 0.353. The molecule has 0 N–H and O–H groups in total. The maximum absolute atomic E-state index is 11.6. The molecule has 1 fully saturated rings. The van der Waals surface area contributed by atoms with E-state index in [0.29, 0.717) is 11.6 Å². The summed E-state index contributed by atoms with van der Waals surface area (Å²) in [6, 6.07) is 0. The van der Waals surface area contributed by atoms with Crippen molar-refractivity contribution in [3.05, 3.63) is 10.6 Å². The topological polar surface area (TPSA) is 51.7 Å². The first-order valence-corrected chi connectivity index (χ1v) is 7.27. The Bertz CT molecular complexity index is 439. The molecule has 0 spiro atoms. The van der Waals surface area contributed by atoms with Gasteiger partial charge in [-0.1, -0.05) is 0 Å². The summed E-state index contributed by atoms with van der Waals surface area (Å²) >= 11 is 1.56. The number of esters is 1. The van der Waals surface area contributed by atoms with Crippen molar-refractivity contribution in [3.63, 3.8) is 0 Å². The van der Waals surface area contributed by atoms with E-state index in [4.69, 9.17) is 9.47 Å². The van der Waals surface area contributed by atoms with E-state index >= 15 is 0 Å². The van der Waals surface area contributed by atoms with Crippen LogP contribution in [0.25, 0.3) is 0 Å². The second-order valence-electron chi connectivity index (χ2n) is 4.78. The largest absolute Gasteiger partial charge is 0.464 e. The van der Waals surface area contributed by atoms with E-state index in [-0.39, 0.29) is 5.97 Å². The van der Waals surface area contributed by atoms with Gasteiger partial charge in [-0.2, -0.15) is 0 Å². The van der Waals surface area contributed by atoms with Crippen molar-refractivity contribution in [2.45, 2.75) is 19.8 Å². The number of rotatable bonds is 4. The maximum Gasteiger partial charge on any atom is 0.357 e. The summed E-state index contributed by atoms with van der Waals surface area (Å²) in [7, 11) is 3.14. The molecule has 5 nitrogen and oxygen atoms in total. The Labute approximate surface area is 117 Å². The van der Waals surface area contributed by atoms with Crippen LogP contribution in [0.1, 0.15) is 28.2 Å². The second kappa shape index (κ2) is 6.34. The Morgan fingerprint density at radius 2 is 2.11 bits per heavy atom. The Kier molecular flexibility index (Phi) is 4.76. The molecule has 0 saturated carbocycles. The fourth-order valence-corrected chi connectivity index (χ4v) is 3.28. The number of thiazole rings is 1. The number of hydrogen-bond acceptors (Lipinski definition) is 6. The molecule has 2 heterocycles. The maximum atomic E-state index is 11.6. The number of methoxy groups -OCH3 is 2. The van der Waals surface area contributed by atoms with Crippen LogP contribution in [0.5, 0.6) is 0 Å². The Balaban J connectivity index is 2.02. The minimum atomic E-state index is -0.353. The van der Waals surface area contributed by atoms with Gasteiger partial charge in [0, 0.05) is 31.7 Å². The zero-order chi connectivity index (χ0) is 13.8. The van der Waals surface area contributed by atoms with Crippen LogP contribution in [0.2, 0.25) is 0 Å². The van der Waals surface area contributed by atoms with Crippen molar-refractivity contribution in [3.8, 4) is 0 Å². The normalized spacial score (nSPS) is 16.7. The zero-order valence-electron chi connectivity index (χ0n) is 11.6. The predicted molar refractivity (Wildman–Crippen MR) is 75.0 cm³/mol. The van der Waals surface area contributed by atoms with Crippen LogP contribution in [0.3, 0.4) is 0 Å². The number of nitrogens with zero attached hydrogens (tertiary/aromatic N) is 2. The van der Waals surface area contributed by atoms with E-state index in [1.54, 1.807) is 18.4 Å². The lowest BCUT2D eigenvalue weighted by molar-refractivity contribution is 0.0594. The average molecular weight is 284 g/mol. The lowest BCUT2D eigenvalue weighted by Gasteiger charge is -2.31. The third-order valence-corrected chi connectivity index (χ3v) is 4.48. The molecular weight excluding hydrogens is 264 g/mol. The highest BCUT2D eigenvalue weighted by Gasteiger charge is 2.23. The molecule has 1 aliphatic heterocycles. The number of carbonyl (C=O) groups excluding carboxylic acids is 1. The van der Waals surface area contributed by atoms with E-state index in [9.17, 15) is 4.79 Å². The first-order valence-electron chi connectivity index (χ1n) is 6.45. The van der Waals surface area contributed by atoms with E-state index in [1.807, 2.05) is 6.92 Å². The Morgan fingerprint density at radius 3 is 2.68 bits per heavy atom. The molecule has 2 rings (SSSR count). The fraction of sp³-hybridized carbons (Fsp3) is 0.692. The summed E-state index contributed by atoms with van der Waals surface area (Å²) in [5.74, 6) is 0.289. The highest BCUT2D eigenvalue weighted by molar-refractivity contribution is 7.15. The van der Waals surface area contributed by atoms with Gasteiger partial charge in [0.15, 0.2) is 10.8 Å². The van der Waals surface area contributed by atoms with E-state index in [1.165, 1.54) is 7.11 Å². The van der Waals surface area contributed by atoms with Crippen molar-refractivity contribution in [1.29, 1.82) is 0 Å². The summed E-state index contributed by atoms with van der Waals surface area (Å²) in [6.45, 7) is 4.69. The number of anilines is 1. The van der Waals surface area contributed by atoms with Gasteiger partial charge in [-0.25, -0.2) is 9.78 Å². The predicted octanol–water partition coefficient (Wildman–Crippen LogP) is 2.10. The van der Waals surface area contributed by atoms with Crippen LogP contribution in [0, 0.1) is 12.8 Å². The smallest absolute Gasteiger partial charge is 0.357 e. The van der Waals surface area contributed by atoms with Crippen LogP contribution >= 0.6 is 11.3 Å². The lowest BCUT2D eigenvalue weighted by atomic mass is 9.98. The molecule has 106 valence electrons. The lowest BCUT2D eigenvalue weighted by Crippen LogP contribution is -2.34. The summed E-state index contributed by atoms with van der Waals surface area (Å²) in [5.41, 5.74) is 0.446. The summed E-state index contributed by atoms with van der Waals surface area (Å²) in [4.78, 5) is 19.1. The number of hydrogen-bond donors (Lipinski definition) is 0. The average Bonchev–Trinajstić information content (AvgIpc) is 2.81. The molecule has 6 heteroatoms. The van der Waals surface area contributed by atoms with Gasteiger partial charge in [-0.15, -0.1) is 11.3 Å². The molecule has 1 aromatic rings. The van der Waals surface area contributed by atoms with Gasteiger partial charge in [0.2, 0.25) is 0 Å². The first-order chi connectivity index (χ1) is 9.15. The van der Waals surface area contributed by atoms with E-state index in [2.05, 4.69) is 9.88 Å². The minimum Gasteiger partial charge on any atom is -0.464 e. The fourth-order valence-electron chi connectivity index (χ4n) is 2.33. The van der Waals surface area contributed by atoms with Gasteiger partial charge in [0.05, 0.1) is 7.11 Å².